The van der Waals surface area contributed by atoms with E-state index < -0.39 is 15.4 Å². The summed E-state index contributed by atoms with van der Waals surface area (Å²) in [5.41, 5.74) is 2.04. The molecule has 3 aliphatic rings. The molecular formula is C27H32N2O5S. The predicted molar refractivity (Wildman–Crippen MR) is 133 cm³/mol. The lowest BCUT2D eigenvalue weighted by molar-refractivity contribution is -0.143. The molecule has 7 nitrogen and oxygen atoms in total. The van der Waals surface area contributed by atoms with Crippen LogP contribution in [0.4, 0.5) is 0 Å². The van der Waals surface area contributed by atoms with Crippen LogP contribution in [-0.4, -0.2) is 72.7 Å². The van der Waals surface area contributed by atoms with Gasteiger partial charge in [-0.2, -0.15) is 0 Å². The molecule has 0 spiro atoms. The van der Waals surface area contributed by atoms with Crippen molar-refractivity contribution in [2.24, 2.45) is 5.92 Å². The van der Waals surface area contributed by atoms with Crippen molar-refractivity contribution in [3.05, 3.63) is 59.7 Å². The van der Waals surface area contributed by atoms with E-state index >= 15 is 0 Å². The first-order valence-corrected chi connectivity index (χ1v) is 14.3. The van der Waals surface area contributed by atoms with Gasteiger partial charge in [0.2, 0.25) is 0 Å². The van der Waals surface area contributed by atoms with Gasteiger partial charge in [0.25, 0.3) is 11.8 Å². The van der Waals surface area contributed by atoms with Crippen molar-refractivity contribution in [2.75, 3.05) is 31.9 Å². The minimum Gasteiger partial charge on any atom is -0.380 e. The van der Waals surface area contributed by atoms with Crippen LogP contribution in [0.5, 0.6) is 0 Å². The largest absolute Gasteiger partial charge is 0.380 e. The van der Waals surface area contributed by atoms with Crippen LogP contribution in [0.3, 0.4) is 0 Å². The first-order chi connectivity index (χ1) is 16.7. The lowest BCUT2D eigenvalue weighted by atomic mass is 9.87. The Bertz CT molecular complexity index is 1210. The molecule has 2 aromatic carbocycles. The summed E-state index contributed by atoms with van der Waals surface area (Å²) in [7, 11) is -3.13. The van der Waals surface area contributed by atoms with Crippen molar-refractivity contribution in [2.45, 2.75) is 43.5 Å². The standard InChI is InChI=1S/C27H32N2O5S/c30-25(28-13-15-29(16-14-28)26(31)27(32)11-12-27)23-9-7-22(8-10-23)24-6-2-5-21(17-24)19-35(33,34)18-20-3-1-4-20/h2,5-10,17,20,32H,1,3-4,11-16,18-19H2. The van der Waals surface area contributed by atoms with Crippen LogP contribution in [0, 0.1) is 5.92 Å². The van der Waals surface area contributed by atoms with Gasteiger partial charge >= 0.3 is 0 Å². The number of nitrogens with zero attached hydrogens (tertiary/aromatic N) is 2. The fraction of sp³-hybridized carbons (Fsp3) is 0.481. The zero-order valence-electron chi connectivity index (χ0n) is 19.9. The molecule has 2 saturated carbocycles. The van der Waals surface area contributed by atoms with Crippen LogP contribution in [0.1, 0.15) is 48.0 Å². The number of hydrogen-bond acceptors (Lipinski definition) is 5. The summed E-state index contributed by atoms with van der Waals surface area (Å²) in [4.78, 5) is 28.7. The fourth-order valence-electron chi connectivity index (χ4n) is 4.90. The molecule has 186 valence electrons. The monoisotopic (exact) mass is 496 g/mol. The second-order valence-electron chi connectivity index (χ2n) is 10.2. The van der Waals surface area contributed by atoms with E-state index in [0.717, 1.165) is 36.0 Å². The smallest absolute Gasteiger partial charge is 0.254 e. The molecule has 5 rings (SSSR count). The first kappa shape index (κ1) is 24.0. The van der Waals surface area contributed by atoms with Gasteiger partial charge in [0.05, 0.1) is 11.5 Å². The van der Waals surface area contributed by atoms with Crippen molar-refractivity contribution >= 4 is 21.7 Å². The Morgan fingerprint density at radius 3 is 2.17 bits per heavy atom. The predicted octanol–water partition coefficient (Wildman–Crippen LogP) is 2.88. The van der Waals surface area contributed by atoms with E-state index in [-0.39, 0.29) is 23.3 Å². The van der Waals surface area contributed by atoms with E-state index in [1.165, 1.54) is 0 Å². The highest BCUT2D eigenvalue weighted by Gasteiger charge is 2.50. The van der Waals surface area contributed by atoms with Crippen LogP contribution < -0.4 is 0 Å². The number of rotatable bonds is 7. The fourth-order valence-corrected chi connectivity index (χ4v) is 6.76. The normalized spacial score (nSPS) is 19.8. The SMILES string of the molecule is O=C(c1ccc(-c2cccc(CS(=O)(=O)CC3CCC3)c2)cc1)N1CCN(C(=O)C2(O)CC2)CC1. The quantitative estimate of drug-likeness (QED) is 0.636. The summed E-state index contributed by atoms with van der Waals surface area (Å²) >= 11 is 0. The maximum atomic E-state index is 13.0. The van der Waals surface area contributed by atoms with Crippen molar-refractivity contribution in [1.82, 2.24) is 9.80 Å². The number of amides is 2. The third-order valence-corrected chi connectivity index (χ3v) is 9.22. The Hall–Kier alpha value is -2.71. The molecule has 1 heterocycles. The Balaban J connectivity index is 1.20. The van der Waals surface area contributed by atoms with E-state index in [1.54, 1.807) is 21.9 Å². The molecular weight excluding hydrogens is 464 g/mol. The molecule has 0 radical (unpaired) electrons. The van der Waals surface area contributed by atoms with E-state index in [2.05, 4.69) is 0 Å². The van der Waals surface area contributed by atoms with Crippen molar-refractivity contribution in [3.8, 4) is 11.1 Å². The zero-order valence-corrected chi connectivity index (χ0v) is 20.7. The van der Waals surface area contributed by atoms with E-state index in [1.807, 2.05) is 36.4 Å². The Labute approximate surface area is 206 Å². The lowest BCUT2D eigenvalue weighted by Crippen LogP contribution is -2.53. The Morgan fingerprint density at radius 2 is 1.57 bits per heavy atom. The minimum atomic E-state index is -3.13. The third kappa shape index (κ3) is 5.43. The van der Waals surface area contributed by atoms with Crippen molar-refractivity contribution in [1.29, 1.82) is 0 Å². The highest BCUT2D eigenvalue weighted by molar-refractivity contribution is 7.90. The van der Waals surface area contributed by atoms with Gasteiger partial charge in [0.1, 0.15) is 5.60 Å². The molecule has 0 aromatic heterocycles. The summed E-state index contributed by atoms with van der Waals surface area (Å²) < 4.78 is 25.1. The van der Waals surface area contributed by atoms with Gasteiger partial charge < -0.3 is 14.9 Å². The lowest BCUT2D eigenvalue weighted by Gasteiger charge is -2.35. The van der Waals surface area contributed by atoms with Gasteiger partial charge in [-0.3, -0.25) is 9.59 Å². The van der Waals surface area contributed by atoms with Crippen molar-refractivity contribution < 1.29 is 23.1 Å². The number of hydrogen-bond donors (Lipinski definition) is 1. The summed E-state index contributed by atoms with van der Waals surface area (Å²) in [5.74, 6) is 0.356. The number of benzene rings is 2. The van der Waals surface area contributed by atoms with Crippen LogP contribution in [0.25, 0.3) is 11.1 Å². The zero-order chi connectivity index (χ0) is 24.6. The first-order valence-electron chi connectivity index (χ1n) is 12.4. The van der Waals surface area contributed by atoms with Gasteiger partial charge in [-0.05, 0) is 60.4 Å². The summed E-state index contributed by atoms with van der Waals surface area (Å²) in [6.07, 6.45) is 4.21. The second kappa shape index (κ2) is 9.39. The maximum Gasteiger partial charge on any atom is 0.254 e. The molecule has 2 amide bonds. The minimum absolute atomic E-state index is 0.0553. The van der Waals surface area contributed by atoms with E-state index in [9.17, 15) is 23.1 Å². The average molecular weight is 497 g/mol. The summed E-state index contributed by atoms with van der Waals surface area (Å²) in [6, 6.07) is 15.0. The Morgan fingerprint density at radius 1 is 0.914 bits per heavy atom. The topological polar surface area (TPSA) is 95.0 Å². The molecule has 1 saturated heterocycles. The van der Waals surface area contributed by atoms with E-state index in [4.69, 9.17) is 0 Å². The summed E-state index contributed by atoms with van der Waals surface area (Å²) in [5, 5.41) is 10.0. The molecule has 35 heavy (non-hydrogen) atoms. The maximum absolute atomic E-state index is 13.0. The molecule has 1 N–H and O–H groups in total. The Kier molecular flexibility index (Phi) is 6.44. The van der Waals surface area contributed by atoms with Crippen LogP contribution in [0.15, 0.2) is 48.5 Å². The third-order valence-electron chi connectivity index (χ3n) is 7.47. The summed E-state index contributed by atoms with van der Waals surface area (Å²) in [6.45, 7) is 1.75. The molecule has 2 aromatic rings. The molecule has 1 aliphatic heterocycles. The van der Waals surface area contributed by atoms with Crippen LogP contribution in [-0.2, 0) is 20.4 Å². The number of sulfone groups is 1. The van der Waals surface area contributed by atoms with E-state index in [0.29, 0.717) is 50.5 Å². The molecule has 3 fully saturated rings. The van der Waals surface area contributed by atoms with Crippen LogP contribution in [0.2, 0.25) is 0 Å². The second-order valence-corrected chi connectivity index (χ2v) is 12.4. The number of aliphatic hydroxyl groups is 1. The van der Waals surface area contributed by atoms with Crippen molar-refractivity contribution in [3.63, 3.8) is 0 Å². The van der Waals surface area contributed by atoms with Gasteiger partial charge in [0, 0.05) is 31.7 Å². The number of carbonyl (C=O) groups is 2. The van der Waals surface area contributed by atoms with Gasteiger partial charge in [-0.25, -0.2) is 8.42 Å². The molecule has 0 unspecified atom stereocenters. The number of carbonyl (C=O) groups excluding carboxylic acids is 2. The van der Waals surface area contributed by atoms with Crippen LogP contribution >= 0.6 is 0 Å². The highest BCUT2D eigenvalue weighted by atomic mass is 32.2. The van der Waals surface area contributed by atoms with Gasteiger partial charge in [0.15, 0.2) is 9.84 Å². The molecule has 2 aliphatic carbocycles. The van der Waals surface area contributed by atoms with Gasteiger partial charge in [-0.15, -0.1) is 0 Å². The van der Waals surface area contributed by atoms with Gasteiger partial charge in [-0.1, -0.05) is 42.8 Å². The average Bonchev–Trinajstić information content (AvgIpc) is 3.59. The molecule has 0 atom stereocenters. The highest BCUT2D eigenvalue weighted by Crippen LogP contribution is 2.37. The molecule has 8 heteroatoms. The number of piperazine rings is 1. The molecule has 0 bridgehead atoms.